The first-order valence-corrected chi connectivity index (χ1v) is 8.63. The molecular weight excluding hydrogens is 469 g/mol. The molecular formula is C14H11BrINO3S. The second kappa shape index (κ2) is 7.37. The first-order valence-electron chi connectivity index (χ1n) is 5.94. The van der Waals surface area contributed by atoms with E-state index in [0.29, 0.717) is 4.88 Å². The van der Waals surface area contributed by atoms with Crippen molar-refractivity contribution in [3.63, 3.8) is 0 Å². The van der Waals surface area contributed by atoms with Gasteiger partial charge >= 0.3 is 5.97 Å². The fourth-order valence-electron chi connectivity index (χ4n) is 1.58. The van der Waals surface area contributed by atoms with Crippen molar-refractivity contribution in [1.29, 1.82) is 0 Å². The zero-order valence-electron chi connectivity index (χ0n) is 11.0. The molecule has 1 N–H and O–H groups in total. The molecule has 0 atom stereocenters. The van der Waals surface area contributed by atoms with Crippen LogP contribution < -0.4 is 5.32 Å². The summed E-state index contributed by atoms with van der Waals surface area (Å²) >= 11 is 6.74. The Morgan fingerprint density at radius 1 is 1.33 bits per heavy atom. The Balaban J connectivity index is 1.89. The number of nitrogens with one attached hydrogen (secondary N) is 1. The monoisotopic (exact) mass is 479 g/mol. The largest absolute Gasteiger partial charge is 0.451 e. The number of esters is 1. The Morgan fingerprint density at radius 3 is 2.71 bits per heavy atom. The van der Waals surface area contributed by atoms with Crippen molar-refractivity contribution in [1.82, 2.24) is 0 Å². The van der Waals surface area contributed by atoms with Gasteiger partial charge in [0.1, 0.15) is 4.88 Å². The van der Waals surface area contributed by atoms with Crippen LogP contribution in [0.25, 0.3) is 0 Å². The molecule has 7 heteroatoms. The minimum absolute atomic E-state index is 0.306. The van der Waals surface area contributed by atoms with E-state index >= 15 is 0 Å². The number of anilines is 1. The SMILES string of the molecule is Cc1cc(I)ccc1NC(=O)COC(=O)c1ccc(Br)s1. The Hall–Kier alpha value is -0.930. The van der Waals surface area contributed by atoms with E-state index in [9.17, 15) is 9.59 Å². The van der Waals surface area contributed by atoms with Gasteiger partial charge in [-0.25, -0.2) is 4.79 Å². The van der Waals surface area contributed by atoms with E-state index in [1.165, 1.54) is 11.3 Å². The van der Waals surface area contributed by atoms with E-state index in [0.717, 1.165) is 18.6 Å². The molecule has 2 aromatic rings. The van der Waals surface area contributed by atoms with Gasteiger partial charge in [0.2, 0.25) is 0 Å². The molecule has 0 saturated carbocycles. The van der Waals surface area contributed by atoms with Crippen LogP contribution in [0.4, 0.5) is 5.69 Å². The Morgan fingerprint density at radius 2 is 2.10 bits per heavy atom. The van der Waals surface area contributed by atoms with E-state index in [4.69, 9.17) is 4.74 Å². The van der Waals surface area contributed by atoms with Crippen molar-refractivity contribution in [2.24, 2.45) is 0 Å². The number of hydrogen-bond acceptors (Lipinski definition) is 4. The number of amides is 1. The highest BCUT2D eigenvalue weighted by Gasteiger charge is 2.13. The molecule has 0 radical (unpaired) electrons. The van der Waals surface area contributed by atoms with Crippen LogP contribution in [0, 0.1) is 10.5 Å². The average Bonchev–Trinajstić information content (AvgIpc) is 2.86. The van der Waals surface area contributed by atoms with Crippen LogP contribution in [0.2, 0.25) is 0 Å². The molecule has 0 fully saturated rings. The zero-order valence-corrected chi connectivity index (χ0v) is 15.5. The molecule has 0 aliphatic rings. The van der Waals surface area contributed by atoms with Gasteiger partial charge in [-0.05, 0) is 81.3 Å². The van der Waals surface area contributed by atoms with E-state index in [2.05, 4.69) is 43.8 Å². The molecule has 110 valence electrons. The molecule has 0 aliphatic heterocycles. The molecule has 2 rings (SSSR count). The third kappa shape index (κ3) is 4.79. The van der Waals surface area contributed by atoms with Gasteiger partial charge in [0.15, 0.2) is 6.61 Å². The normalized spacial score (nSPS) is 10.2. The predicted molar refractivity (Wildman–Crippen MR) is 94.8 cm³/mol. The van der Waals surface area contributed by atoms with Crippen LogP contribution in [-0.2, 0) is 9.53 Å². The van der Waals surface area contributed by atoms with Crippen molar-refractivity contribution in [3.8, 4) is 0 Å². The quantitative estimate of drug-likeness (QED) is 0.527. The number of ether oxygens (including phenoxy) is 1. The number of hydrogen-bond donors (Lipinski definition) is 1. The number of carbonyl (C=O) groups excluding carboxylic acids is 2. The summed E-state index contributed by atoms with van der Waals surface area (Å²) in [6.45, 7) is 1.60. The summed E-state index contributed by atoms with van der Waals surface area (Å²) in [5.41, 5.74) is 1.68. The van der Waals surface area contributed by atoms with Crippen LogP contribution in [0.15, 0.2) is 34.1 Å². The number of carbonyl (C=O) groups is 2. The standard InChI is InChI=1S/C14H11BrINO3S/c1-8-6-9(16)2-3-10(8)17-13(18)7-20-14(19)11-4-5-12(15)21-11/h2-6H,7H2,1H3,(H,17,18). The smallest absolute Gasteiger partial charge is 0.348 e. The van der Waals surface area contributed by atoms with Gasteiger partial charge in [0, 0.05) is 9.26 Å². The summed E-state index contributed by atoms with van der Waals surface area (Å²) in [6.07, 6.45) is 0. The average molecular weight is 480 g/mol. The maximum Gasteiger partial charge on any atom is 0.348 e. The third-order valence-corrected chi connectivity index (χ3v) is 4.85. The summed E-state index contributed by atoms with van der Waals surface area (Å²) in [4.78, 5) is 24.0. The third-order valence-electron chi connectivity index (χ3n) is 2.57. The van der Waals surface area contributed by atoms with Crippen molar-refractivity contribution < 1.29 is 14.3 Å². The molecule has 0 saturated heterocycles. The number of thiophene rings is 1. The highest BCUT2D eigenvalue weighted by atomic mass is 127. The van der Waals surface area contributed by atoms with Crippen molar-refractivity contribution in [3.05, 3.63) is 48.1 Å². The number of aryl methyl sites for hydroxylation is 1. The predicted octanol–water partition coefficient (Wildman–Crippen LogP) is 4.22. The molecule has 1 aromatic heterocycles. The molecule has 4 nitrogen and oxygen atoms in total. The summed E-state index contributed by atoms with van der Waals surface area (Å²) in [6, 6.07) is 9.10. The minimum atomic E-state index is -0.500. The Kier molecular flexibility index (Phi) is 5.77. The van der Waals surface area contributed by atoms with E-state index in [1.807, 2.05) is 25.1 Å². The zero-order chi connectivity index (χ0) is 15.4. The van der Waals surface area contributed by atoms with Gasteiger partial charge in [-0.3, -0.25) is 4.79 Å². The minimum Gasteiger partial charge on any atom is -0.451 e. The Labute approximate surface area is 148 Å². The number of benzene rings is 1. The summed E-state index contributed by atoms with van der Waals surface area (Å²) in [5, 5.41) is 2.72. The van der Waals surface area contributed by atoms with Gasteiger partial charge in [0.05, 0.1) is 3.79 Å². The van der Waals surface area contributed by atoms with E-state index in [-0.39, 0.29) is 12.5 Å². The summed E-state index contributed by atoms with van der Waals surface area (Å²) in [7, 11) is 0. The Bertz CT molecular complexity index is 687. The van der Waals surface area contributed by atoms with Gasteiger partial charge in [-0.2, -0.15) is 0 Å². The maximum atomic E-state index is 11.8. The van der Waals surface area contributed by atoms with Gasteiger partial charge in [0.25, 0.3) is 5.91 Å². The summed E-state index contributed by atoms with van der Waals surface area (Å²) < 4.78 is 6.91. The maximum absolute atomic E-state index is 11.8. The molecule has 0 bridgehead atoms. The lowest BCUT2D eigenvalue weighted by Gasteiger charge is -2.09. The summed E-state index contributed by atoms with van der Waals surface area (Å²) in [5.74, 6) is -0.858. The molecule has 0 spiro atoms. The lowest BCUT2D eigenvalue weighted by Crippen LogP contribution is -2.21. The number of rotatable bonds is 4. The molecule has 1 aromatic carbocycles. The fourth-order valence-corrected chi connectivity index (χ4v) is 3.51. The van der Waals surface area contributed by atoms with Crippen LogP contribution >= 0.6 is 49.9 Å². The van der Waals surface area contributed by atoms with Gasteiger partial charge in [-0.1, -0.05) is 0 Å². The second-order valence-electron chi connectivity index (χ2n) is 4.19. The van der Waals surface area contributed by atoms with Crippen molar-refractivity contribution in [2.75, 3.05) is 11.9 Å². The number of halogens is 2. The highest BCUT2D eigenvalue weighted by Crippen LogP contribution is 2.22. The molecule has 0 unspecified atom stereocenters. The van der Waals surface area contributed by atoms with E-state index < -0.39 is 5.97 Å². The van der Waals surface area contributed by atoms with Crippen LogP contribution in [0.3, 0.4) is 0 Å². The highest BCUT2D eigenvalue weighted by molar-refractivity contribution is 14.1. The van der Waals surface area contributed by atoms with Gasteiger partial charge < -0.3 is 10.1 Å². The van der Waals surface area contributed by atoms with Crippen LogP contribution in [0.5, 0.6) is 0 Å². The molecule has 1 heterocycles. The van der Waals surface area contributed by atoms with Crippen LogP contribution in [-0.4, -0.2) is 18.5 Å². The first kappa shape index (κ1) is 16.4. The van der Waals surface area contributed by atoms with Gasteiger partial charge in [-0.15, -0.1) is 11.3 Å². The topological polar surface area (TPSA) is 55.4 Å². The molecule has 0 aliphatic carbocycles. The lowest BCUT2D eigenvalue weighted by atomic mass is 10.2. The molecule has 1 amide bonds. The fraction of sp³-hybridized carbons (Fsp3) is 0.143. The second-order valence-corrected chi connectivity index (χ2v) is 7.90. The van der Waals surface area contributed by atoms with Crippen LogP contribution in [0.1, 0.15) is 15.2 Å². The lowest BCUT2D eigenvalue weighted by molar-refractivity contribution is -0.119. The molecule has 21 heavy (non-hydrogen) atoms. The van der Waals surface area contributed by atoms with E-state index in [1.54, 1.807) is 12.1 Å². The first-order chi connectivity index (χ1) is 9.95. The van der Waals surface area contributed by atoms with Crippen molar-refractivity contribution in [2.45, 2.75) is 6.92 Å². The van der Waals surface area contributed by atoms with Crippen molar-refractivity contribution >= 4 is 67.4 Å².